The Labute approximate surface area is 161 Å². The van der Waals surface area contributed by atoms with Crippen molar-refractivity contribution in [2.75, 3.05) is 7.11 Å². The molecule has 0 bridgehead atoms. The Kier molecular flexibility index (Phi) is 6.62. The van der Waals surface area contributed by atoms with E-state index in [2.05, 4.69) is 16.4 Å². The van der Waals surface area contributed by atoms with E-state index in [1.54, 1.807) is 18.4 Å². The maximum absolute atomic E-state index is 6.18. The molecule has 0 fully saturated rings. The average molecular weight is 392 g/mol. The van der Waals surface area contributed by atoms with Crippen LogP contribution >= 0.6 is 34.7 Å². The number of methoxy groups -OCH3 is 1. The first-order valence-corrected chi connectivity index (χ1v) is 10.2. The number of hydrogen-bond donors (Lipinski definition) is 0. The molecule has 0 aliphatic carbocycles. The lowest BCUT2D eigenvalue weighted by Gasteiger charge is -2.05. The molecular weight excluding hydrogens is 374 g/mol. The van der Waals surface area contributed by atoms with E-state index in [-0.39, 0.29) is 0 Å². The summed E-state index contributed by atoms with van der Waals surface area (Å²) in [6.45, 7) is 0.478. The first-order chi connectivity index (χ1) is 12.2. The average Bonchev–Trinajstić information content (AvgIpc) is 3.10. The van der Waals surface area contributed by atoms with Crippen LogP contribution < -0.4 is 9.47 Å². The van der Waals surface area contributed by atoms with Crippen LogP contribution in [0.25, 0.3) is 0 Å². The van der Waals surface area contributed by atoms with Gasteiger partial charge >= 0.3 is 0 Å². The summed E-state index contributed by atoms with van der Waals surface area (Å²) in [4.78, 5) is 4.63. The Morgan fingerprint density at radius 1 is 1.04 bits per heavy atom. The van der Waals surface area contributed by atoms with E-state index < -0.39 is 0 Å². The van der Waals surface area contributed by atoms with Gasteiger partial charge in [-0.15, -0.1) is 11.3 Å². The second-order valence-electron chi connectivity index (χ2n) is 5.28. The van der Waals surface area contributed by atoms with Crippen molar-refractivity contribution >= 4 is 34.7 Å². The predicted molar refractivity (Wildman–Crippen MR) is 106 cm³/mol. The number of nitrogens with zero attached hydrogens (tertiary/aromatic N) is 1. The molecule has 0 N–H and O–H groups in total. The molecule has 25 heavy (non-hydrogen) atoms. The zero-order chi connectivity index (χ0) is 17.5. The molecule has 0 saturated carbocycles. The van der Waals surface area contributed by atoms with Gasteiger partial charge in [-0.1, -0.05) is 29.8 Å². The standard InChI is InChI=1S/C19H18ClNO2S2/c1-22-16-6-8-17(9-7-16)23-10-19-21-15(13-25-19)12-24-11-14-4-2-3-5-18(14)20/h2-9,13H,10-12H2,1H3. The highest BCUT2D eigenvalue weighted by atomic mass is 35.5. The number of halogens is 1. The van der Waals surface area contributed by atoms with Crippen molar-refractivity contribution in [2.24, 2.45) is 0 Å². The van der Waals surface area contributed by atoms with Crippen LogP contribution in [0.3, 0.4) is 0 Å². The summed E-state index contributed by atoms with van der Waals surface area (Å²) in [5, 5.41) is 3.89. The number of hydrogen-bond acceptors (Lipinski definition) is 5. The maximum Gasteiger partial charge on any atom is 0.140 e. The van der Waals surface area contributed by atoms with Gasteiger partial charge in [-0.3, -0.25) is 0 Å². The largest absolute Gasteiger partial charge is 0.497 e. The number of ether oxygens (including phenoxy) is 2. The van der Waals surface area contributed by atoms with Gasteiger partial charge in [0.1, 0.15) is 23.1 Å². The highest BCUT2D eigenvalue weighted by Crippen LogP contribution is 2.24. The van der Waals surface area contributed by atoms with E-state index in [0.29, 0.717) is 6.61 Å². The highest BCUT2D eigenvalue weighted by molar-refractivity contribution is 7.97. The second kappa shape index (κ2) is 9.13. The Hall–Kier alpha value is -1.69. The molecule has 0 amide bonds. The predicted octanol–water partition coefficient (Wildman–Crippen LogP) is 5.82. The molecule has 6 heteroatoms. The molecule has 0 radical (unpaired) electrons. The van der Waals surface area contributed by atoms with E-state index in [1.807, 2.05) is 54.2 Å². The number of thioether (sulfide) groups is 1. The van der Waals surface area contributed by atoms with Crippen LogP contribution in [-0.4, -0.2) is 12.1 Å². The summed E-state index contributed by atoms with van der Waals surface area (Å²) in [5.41, 5.74) is 2.24. The molecule has 0 atom stereocenters. The Morgan fingerprint density at radius 2 is 1.80 bits per heavy atom. The third-order valence-corrected chi connectivity index (χ3v) is 5.74. The normalized spacial score (nSPS) is 10.6. The molecule has 130 valence electrons. The molecule has 0 unspecified atom stereocenters. The second-order valence-corrected chi connectivity index (χ2v) is 7.62. The van der Waals surface area contributed by atoms with Crippen LogP contribution in [-0.2, 0) is 18.1 Å². The Morgan fingerprint density at radius 3 is 2.56 bits per heavy atom. The summed E-state index contributed by atoms with van der Waals surface area (Å²) in [6.07, 6.45) is 0. The molecule has 2 aromatic carbocycles. The van der Waals surface area contributed by atoms with Gasteiger partial charge in [-0.25, -0.2) is 4.98 Å². The lowest BCUT2D eigenvalue weighted by Crippen LogP contribution is -1.95. The monoisotopic (exact) mass is 391 g/mol. The molecule has 1 heterocycles. The van der Waals surface area contributed by atoms with Crippen LogP contribution in [0.2, 0.25) is 5.02 Å². The van der Waals surface area contributed by atoms with Crippen molar-refractivity contribution < 1.29 is 9.47 Å². The van der Waals surface area contributed by atoms with Crippen LogP contribution in [0, 0.1) is 0 Å². The van der Waals surface area contributed by atoms with Crippen molar-refractivity contribution in [3.63, 3.8) is 0 Å². The molecule has 1 aromatic heterocycles. The van der Waals surface area contributed by atoms with Gasteiger partial charge in [0, 0.05) is 21.9 Å². The van der Waals surface area contributed by atoms with E-state index in [0.717, 1.165) is 44.3 Å². The van der Waals surface area contributed by atoms with E-state index in [4.69, 9.17) is 21.1 Å². The Balaban J connectivity index is 1.46. The third kappa shape index (κ3) is 5.39. The molecule has 3 rings (SSSR count). The highest BCUT2D eigenvalue weighted by Gasteiger charge is 2.05. The molecule has 0 saturated heterocycles. The van der Waals surface area contributed by atoms with Gasteiger partial charge in [-0.05, 0) is 35.9 Å². The van der Waals surface area contributed by atoms with Crippen LogP contribution in [0.15, 0.2) is 53.9 Å². The summed E-state index contributed by atoms with van der Waals surface area (Å²) in [5.74, 6) is 3.38. The number of rotatable bonds is 8. The lowest BCUT2D eigenvalue weighted by molar-refractivity contribution is 0.304. The number of thiazole rings is 1. The maximum atomic E-state index is 6.18. The zero-order valence-electron chi connectivity index (χ0n) is 13.8. The molecule has 3 nitrogen and oxygen atoms in total. The van der Waals surface area contributed by atoms with Gasteiger partial charge in [0.25, 0.3) is 0 Å². The van der Waals surface area contributed by atoms with E-state index in [1.165, 1.54) is 0 Å². The number of benzene rings is 2. The lowest BCUT2D eigenvalue weighted by atomic mass is 10.2. The minimum Gasteiger partial charge on any atom is -0.497 e. The summed E-state index contributed by atoms with van der Waals surface area (Å²) in [7, 11) is 1.65. The fraction of sp³-hybridized carbons (Fsp3) is 0.211. The topological polar surface area (TPSA) is 31.4 Å². The van der Waals surface area contributed by atoms with Crippen molar-refractivity contribution in [3.05, 3.63) is 75.2 Å². The zero-order valence-corrected chi connectivity index (χ0v) is 16.2. The van der Waals surface area contributed by atoms with Crippen LogP contribution in [0.4, 0.5) is 0 Å². The first kappa shape index (κ1) is 18.1. The smallest absolute Gasteiger partial charge is 0.140 e. The van der Waals surface area contributed by atoms with Gasteiger partial charge in [0.15, 0.2) is 0 Å². The van der Waals surface area contributed by atoms with Gasteiger partial charge in [-0.2, -0.15) is 11.8 Å². The minimum atomic E-state index is 0.478. The van der Waals surface area contributed by atoms with E-state index in [9.17, 15) is 0 Å². The van der Waals surface area contributed by atoms with Crippen LogP contribution in [0.1, 0.15) is 16.3 Å². The fourth-order valence-corrected chi connectivity index (χ4v) is 4.20. The van der Waals surface area contributed by atoms with Gasteiger partial charge < -0.3 is 9.47 Å². The minimum absolute atomic E-state index is 0.478. The van der Waals surface area contributed by atoms with Gasteiger partial charge in [0.2, 0.25) is 0 Å². The molecule has 0 aliphatic rings. The van der Waals surface area contributed by atoms with Crippen LogP contribution in [0.5, 0.6) is 11.5 Å². The Bertz CT molecular complexity index is 805. The molecule has 3 aromatic rings. The SMILES string of the molecule is COc1ccc(OCc2nc(CSCc3ccccc3Cl)cs2)cc1. The van der Waals surface area contributed by atoms with E-state index >= 15 is 0 Å². The number of aromatic nitrogens is 1. The van der Waals surface area contributed by atoms with Crippen molar-refractivity contribution in [1.29, 1.82) is 0 Å². The van der Waals surface area contributed by atoms with Crippen molar-refractivity contribution in [2.45, 2.75) is 18.1 Å². The molecular formula is C19H18ClNO2S2. The van der Waals surface area contributed by atoms with Crippen molar-refractivity contribution in [3.8, 4) is 11.5 Å². The molecule has 0 spiro atoms. The van der Waals surface area contributed by atoms with Gasteiger partial charge in [0.05, 0.1) is 12.8 Å². The first-order valence-electron chi connectivity index (χ1n) is 7.76. The summed E-state index contributed by atoms with van der Waals surface area (Å²) in [6, 6.07) is 15.5. The summed E-state index contributed by atoms with van der Waals surface area (Å²) < 4.78 is 10.9. The quantitative estimate of drug-likeness (QED) is 0.484. The van der Waals surface area contributed by atoms with Crippen molar-refractivity contribution in [1.82, 2.24) is 4.98 Å². The fourth-order valence-electron chi connectivity index (χ4n) is 2.18. The molecule has 0 aliphatic heterocycles. The third-order valence-electron chi connectivity index (χ3n) is 3.49. The summed E-state index contributed by atoms with van der Waals surface area (Å²) >= 11 is 9.61.